The van der Waals surface area contributed by atoms with Crippen LogP contribution < -0.4 is 15.5 Å². The molecule has 3 rings (SSSR count). The highest BCUT2D eigenvalue weighted by atomic mass is 16.2. The lowest BCUT2D eigenvalue weighted by Gasteiger charge is -2.23. The van der Waals surface area contributed by atoms with E-state index in [0.717, 1.165) is 50.0 Å². The molecule has 0 aromatic heterocycles. The van der Waals surface area contributed by atoms with Crippen molar-refractivity contribution in [1.82, 2.24) is 5.32 Å². The Kier molecular flexibility index (Phi) is 4.52. The topological polar surface area (TPSA) is 61.4 Å². The van der Waals surface area contributed by atoms with Crippen molar-refractivity contribution in [2.24, 2.45) is 5.92 Å². The van der Waals surface area contributed by atoms with Crippen molar-refractivity contribution in [3.63, 3.8) is 0 Å². The molecule has 2 N–H and O–H groups in total. The molecular formula is C19H27N3O2. The van der Waals surface area contributed by atoms with Crippen molar-refractivity contribution >= 4 is 23.3 Å². The molecule has 0 saturated heterocycles. The smallest absolute Gasteiger partial charge is 0.319 e. The predicted molar refractivity (Wildman–Crippen MR) is 96.4 cm³/mol. The van der Waals surface area contributed by atoms with Crippen LogP contribution in [0.15, 0.2) is 18.2 Å². The number of nitrogens with one attached hydrogen (secondary N) is 2. The van der Waals surface area contributed by atoms with E-state index in [2.05, 4.69) is 10.6 Å². The van der Waals surface area contributed by atoms with Gasteiger partial charge in [-0.15, -0.1) is 0 Å². The summed E-state index contributed by atoms with van der Waals surface area (Å²) in [4.78, 5) is 26.7. The van der Waals surface area contributed by atoms with Gasteiger partial charge in [0.2, 0.25) is 5.91 Å². The highest BCUT2D eigenvalue weighted by Crippen LogP contribution is 2.35. The molecule has 5 nitrogen and oxygen atoms in total. The van der Waals surface area contributed by atoms with Gasteiger partial charge >= 0.3 is 6.03 Å². The highest BCUT2D eigenvalue weighted by molar-refractivity contribution is 5.98. The third-order valence-corrected chi connectivity index (χ3v) is 4.70. The summed E-state index contributed by atoms with van der Waals surface area (Å²) in [6.07, 6.45) is 5.23. The second-order valence-corrected chi connectivity index (χ2v) is 7.89. The van der Waals surface area contributed by atoms with E-state index < -0.39 is 0 Å². The van der Waals surface area contributed by atoms with Gasteiger partial charge in [0.25, 0.3) is 0 Å². The number of anilines is 2. The van der Waals surface area contributed by atoms with E-state index in [9.17, 15) is 9.59 Å². The molecular weight excluding hydrogens is 302 g/mol. The lowest BCUT2D eigenvalue weighted by molar-refractivity contribution is -0.122. The second kappa shape index (κ2) is 6.46. The molecule has 0 unspecified atom stereocenters. The molecule has 1 aliphatic heterocycles. The number of fused-ring (bicyclic) bond motifs is 1. The van der Waals surface area contributed by atoms with Gasteiger partial charge in [-0.25, -0.2) is 4.79 Å². The Morgan fingerprint density at radius 2 is 1.88 bits per heavy atom. The molecule has 0 bridgehead atoms. The Labute approximate surface area is 143 Å². The van der Waals surface area contributed by atoms with Crippen molar-refractivity contribution in [3.05, 3.63) is 23.8 Å². The number of amides is 3. The number of nitrogens with zero attached hydrogens (tertiary/aromatic N) is 1. The lowest BCUT2D eigenvalue weighted by atomic mass is 10.1. The fourth-order valence-electron chi connectivity index (χ4n) is 3.58. The number of urea groups is 1. The van der Waals surface area contributed by atoms with Crippen LogP contribution in [0.2, 0.25) is 0 Å². The number of rotatable bonds is 2. The predicted octanol–water partition coefficient (Wildman–Crippen LogP) is 3.69. The summed E-state index contributed by atoms with van der Waals surface area (Å²) in [5.41, 5.74) is 2.58. The van der Waals surface area contributed by atoms with Gasteiger partial charge < -0.3 is 15.5 Å². The van der Waals surface area contributed by atoms with Crippen LogP contribution in [0.1, 0.15) is 52.0 Å². The van der Waals surface area contributed by atoms with Crippen LogP contribution in [0.5, 0.6) is 0 Å². The van der Waals surface area contributed by atoms with Gasteiger partial charge in [0.1, 0.15) is 0 Å². The van der Waals surface area contributed by atoms with Crippen molar-refractivity contribution in [3.8, 4) is 0 Å². The molecule has 1 aliphatic carbocycles. The average Bonchev–Trinajstić information content (AvgIpc) is 3.14. The first kappa shape index (κ1) is 16.8. The first-order valence-electron chi connectivity index (χ1n) is 8.87. The molecule has 5 heteroatoms. The van der Waals surface area contributed by atoms with Crippen LogP contribution >= 0.6 is 0 Å². The molecule has 0 spiro atoms. The van der Waals surface area contributed by atoms with Crippen LogP contribution in [0.3, 0.4) is 0 Å². The zero-order valence-electron chi connectivity index (χ0n) is 14.8. The summed E-state index contributed by atoms with van der Waals surface area (Å²) in [6, 6.07) is 5.63. The van der Waals surface area contributed by atoms with Gasteiger partial charge in [-0.3, -0.25) is 4.79 Å². The van der Waals surface area contributed by atoms with Gasteiger partial charge in [0.05, 0.1) is 0 Å². The molecule has 1 saturated carbocycles. The van der Waals surface area contributed by atoms with Crippen LogP contribution in [-0.4, -0.2) is 24.0 Å². The summed E-state index contributed by atoms with van der Waals surface area (Å²) >= 11 is 0. The van der Waals surface area contributed by atoms with Crippen molar-refractivity contribution in [2.75, 3.05) is 16.8 Å². The maximum absolute atomic E-state index is 12.8. The average molecular weight is 329 g/mol. The maximum Gasteiger partial charge on any atom is 0.319 e. The first-order chi connectivity index (χ1) is 11.3. The van der Waals surface area contributed by atoms with E-state index in [1.54, 1.807) is 0 Å². The van der Waals surface area contributed by atoms with Gasteiger partial charge in [-0.1, -0.05) is 18.9 Å². The van der Waals surface area contributed by atoms with E-state index in [1.807, 2.05) is 43.9 Å². The lowest BCUT2D eigenvalue weighted by Crippen LogP contribution is -2.43. The van der Waals surface area contributed by atoms with E-state index >= 15 is 0 Å². The Hall–Kier alpha value is -2.04. The van der Waals surface area contributed by atoms with Crippen molar-refractivity contribution in [2.45, 2.75) is 58.4 Å². The summed E-state index contributed by atoms with van der Waals surface area (Å²) in [6.45, 7) is 6.58. The summed E-state index contributed by atoms with van der Waals surface area (Å²) in [5, 5.41) is 5.75. The monoisotopic (exact) mass is 329 g/mol. The largest absolute Gasteiger partial charge is 0.333 e. The molecule has 1 heterocycles. The molecule has 2 aliphatic rings. The van der Waals surface area contributed by atoms with Gasteiger partial charge in [-0.05, 0) is 57.7 Å². The fourth-order valence-corrected chi connectivity index (χ4v) is 3.58. The molecule has 3 amide bonds. The van der Waals surface area contributed by atoms with Crippen molar-refractivity contribution < 1.29 is 9.59 Å². The standard InChI is InChI=1S/C19H27N3O2/c1-19(2,3)21-18(24)20-15-9-8-13-10-11-22(16(13)12-15)17(23)14-6-4-5-7-14/h8-9,12,14H,4-7,10-11H2,1-3H3,(H2,20,21,24). The minimum atomic E-state index is -0.286. The zero-order chi connectivity index (χ0) is 17.3. The Balaban J connectivity index is 1.73. The Morgan fingerprint density at radius 3 is 2.54 bits per heavy atom. The van der Waals surface area contributed by atoms with Gasteiger partial charge in [0, 0.05) is 29.4 Å². The van der Waals surface area contributed by atoms with E-state index in [1.165, 1.54) is 5.56 Å². The minimum absolute atomic E-state index is 0.178. The van der Waals surface area contributed by atoms with E-state index in [0.29, 0.717) is 0 Å². The molecule has 1 aromatic carbocycles. The number of hydrogen-bond donors (Lipinski definition) is 2. The normalized spacial score (nSPS) is 17.7. The minimum Gasteiger partial charge on any atom is -0.333 e. The number of carbonyl (C=O) groups excluding carboxylic acids is 2. The Morgan fingerprint density at radius 1 is 1.17 bits per heavy atom. The number of carbonyl (C=O) groups is 2. The molecule has 1 fully saturated rings. The molecule has 1 aromatic rings. The van der Waals surface area contributed by atoms with Crippen LogP contribution in [-0.2, 0) is 11.2 Å². The molecule has 0 radical (unpaired) electrons. The molecule has 24 heavy (non-hydrogen) atoms. The third-order valence-electron chi connectivity index (χ3n) is 4.70. The third kappa shape index (κ3) is 3.71. The summed E-state index contributed by atoms with van der Waals surface area (Å²) in [5.74, 6) is 0.430. The summed E-state index contributed by atoms with van der Waals surface area (Å²) < 4.78 is 0. The maximum atomic E-state index is 12.8. The quantitative estimate of drug-likeness (QED) is 0.869. The van der Waals surface area contributed by atoms with Crippen molar-refractivity contribution in [1.29, 1.82) is 0 Å². The Bertz CT molecular complexity index is 643. The van der Waals surface area contributed by atoms with E-state index in [-0.39, 0.29) is 23.4 Å². The summed E-state index contributed by atoms with van der Waals surface area (Å²) in [7, 11) is 0. The molecule has 0 atom stereocenters. The highest BCUT2D eigenvalue weighted by Gasteiger charge is 2.32. The zero-order valence-corrected chi connectivity index (χ0v) is 14.8. The number of hydrogen-bond acceptors (Lipinski definition) is 2. The van der Waals surface area contributed by atoms with Crippen LogP contribution in [0.4, 0.5) is 16.2 Å². The molecule has 130 valence electrons. The fraction of sp³-hybridized carbons (Fsp3) is 0.579. The number of benzene rings is 1. The van der Waals surface area contributed by atoms with Gasteiger partial charge in [-0.2, -0.15) is 0 Å². The van der Waals surface area contributed by atoms with E-state index in [4.69, 9.17) is 0 Å². The SMILES string of the molecule is CC(C)(C)NC(=O)Nc1ccc2c(c1)N(C(=O)C1CCCC1)CC2. The van der Waals surface area contributed by atoms with Crippen LogP contribution in [0, 0.1) is 5.92 Å². The second-order valence-electron chi connectivity index (χ2n) is 7.89. The first-order valence-corrected chi connectivity index (χ1v) is 8.87. The van der Waals surface area contributed by atoms with Crippen LogP contribution in [0.25, 0.3) is 0 Å². The van der Waals surface area contributed by atoms with Gasteiger partial charge in [0.15, 0.2) is 0 Å².